The Labute approximate surface area is 196 Å². The third-order valence-corrected chi connectivity index (χ3v) is 5.75. The van der Waals surface area contributed by atoms with Gasteiger partial charge in [-0.05, 0) is 65.9 Å². The zero-order valence-corrected chi connectivity index (χ0v) is 18.7. The van der Waals surface area contributed by atoms with Gasteiger partial charge in [0.15, 0.2) is 4.32 Å². The van der Waals surface area contributed by atoms with Gasteiger partial charge in [-0.15, -0.1) is 0 Å². The van der Waals surface area contributed by atoms with Crippen molar-refractivity contribution in [3.05, 3.63) is 82.4 Å². The van der Waals surface area contributed by atoms with Gasteiger partial charge in [-0.2, -0.15) is 13.2 Å². The van der Waals surface area contributed by atoms with Crippen LogP contribution in [0.1, 0.15) is 28.5 Å². The molecule has 0 aliphatic heterocycles. The highest BCUT2D eigenvalue weighted by molar-refractivity contribution is 8.26. The largest absolute Gasteiger partial charge is 0.478 e. The van der Waals surface area contributed by atoms with E-state index in [0.29, 0.717) is 28.3 Å². The number of thioether (sulfide) groups is 1. The van der Waals surface area contributed by atoms with Gasteiger partial charge in [-0.1, -0.05) is 42.2 Å². The standard InChI is InChI=1S/C23H17F3N2O3S2/c1-14(10-18-8-9-20(27-18)15-4-2-5-16(11-15)21(30)31)33-22(32)28(13-29)19-7-3-6-17(12-19)23(24,25)26/h2-13,27H,1H3,(H,30,31)/b14-10-. The Balaban J connectivity index is 1.76. The minimum absolute atomic E-state index is 0.0191. The lowest BCUT2D eigenvalue weighted by molar-refractivity contribution is -0.137. The van der Waals surface area contributed by atoms with E-state index >= 15 is 0 Å². The summed E-state index contributed by atoms with van der Waals surface area (Å²) < 4.78 is 39.0. The van der Waals surface area contributed by atoms with Crippen molar-refractivity contribution in [3.63, 3.8) is 0 Å². The molecule has 5 nitrogen and oxygen atoms in total. The maximum absolute atomic E-state index is 13.0. The van der Waals surface area contributed by atoms with Gasteiger partial charge < -0.3 is 10.1 Å². The number of carbonyl (C=O) groups excluding carboxylic acids is 1. The number of carbonyl (C=O) groups is 2. The second-order valence-corrected chi connectivity index (χ2v) is 8.74. The Morgan fingerprint density at radius 2 is 1.85 bits per heavy atom. The predicted octanol–water partition coefficient (Wildman–Crippen LogP) is 6.44. The highest BCUT2D eigenvalue weighted by atomic mass is 32.2. The van der Waals surface area contributed by atoms with Crippen molar-refractivity contribution in [1.82, 2.24) is 4.98 Å². The molecule has 0 unspecified atom stereocenters. The SMILES string of the molecule is C/C(=C/c1ccc(-c2cccc(C(=O)O)c2)[nH]1)SC(=S)N(C=O)c1cccc(C(F)(F)F)c1. The van der Waals surface area contributed by atoms with Gasteiger partial charge in [-0.25, -0.2) is 4.79 Å². The topological polar surface area (TPSA) is 73.4 Å². The van der Waals surface area contributed by atoms with Gasteiger partial charge >= 0.3 is 12.1 Å². The molecule has 0 saturated heterocycles. The summed E-state index contributed by atoms with van der Waals surface area (Å²) in [6, 6.07) is 14.4. The summed E-state index contributed by atoms with van der Waals surface area (Å²) in [5.41, 5.74) is 1.42. The summed E-state index contributed by atoms with van der Waals surface area (Å²) in [5.74, 6) is -1.02. The molecule has 0 radical (unpaired) electrons. The lowest BCUT2D eigenvalue weighted by atomic mass is 10.1. The Morgan fingerprint density at radius 1 is 1.12 bits per heavy atom. The second kappa shape index (κ2) is 10.1. The van der Waals surface area contributed by atoms with Gasteiger partial charge in [-0.3, -0.25) is 9.69 Å². The highest BCUT2D eigenvalue weighted by Gasteiger charge is 2.31. The second-order valence-electron chi connectivity index (χ2n) is 6.86. The van der Waals surface area contributed by atoms with Crippen LogP contribution in [-0.2, 0) is 11.0 Å². The van der Waals surface area contributed by atoms with Crippen molar-refractivity contribution in [2.24, 2.45) is 0 Å². The Kier molecular flexibility index (Phi) is 7.39. The first-order valence-electron chi connectivity index (χ1n) is 9.43. The molecule has 3 rings (SSSR count). The smallest absolute Gasteiger partial charge is 0.416 e. The minimum atomic E-state index is -4.54. The van der Waals surface area contributed by atoms with Crippen LogP contribution in [0.15, 0.2) is 65.6 Å². The number of aromatic amines is 1. The number of carboxylic acid groups (broad SMARTS) is 1. The van der Waals surface area contributed by atoms with Crippen LogP contribution in [0.5, 0.6) is 0 Å². The van der Waals surface area contributed by atoms with Crippen LogP contribution in [0.25, 0.3) is 17.3 Å². The van der Waals surface area contributed by atoms with Crippen LogP contribution >= 0.6 is 24.0 Å². The zero-order valence-electron chi connectivity index (χ0n) is 17.1. The van der Waals surface area contributed by atoms with E-state index in [1.165, 1.54) is 18.2 Å². The lowest BCUT2D eigenvalue weighted by Crippen LogP contribution is -2.25. The van der Waals surface area contributed by atoms with Crippen LogP contribution in [0.4, 0.5) is 18.9 Å². The number of allylic oxidation sites excluding steroid dienone is 1. The number of rotatable bonds is 6. The fourth-order valence-corrected chi connectivity index (χ4v) is 4.21. The van der Waals surface area contributed by atoms with Gasteiger partial charge in [0, 0.05) is 11.4 Å². The number of thiocarbonyl (C=S) groups is 1. The number of alkyl halides is 3. The molecule has 0 spiro atoms. The summed E-state index contributed by atoms with van der Waals surface area (Å²) in [4.78, 5) is 27.6. The molecule has 0 aliphatic rings. The molecule has 3 aromatic rings. The maximum atomic E-state index is 13.0. The van der Waals surface area contributed by atoms with Crippen molar-refractivity contribution in [1.29, 1.82) is 0 Å². The summed E-state index contributed by atoms with van der Waals surface area (Å²) in [6.07, 6.45) is -2.40. The van der Waals surface area contributed by atoms with Crippen LogP contribution in [0, 0.1) is 0 Å². The van der Waals surface area contributed by atoms with Crippen molar-refractivity contribution in [3.8, 4) is 11.3 Å². The first-order chi connectivity index (χ1) is 15.6. The van der Waals surface area contributed by atoms with E-state index in [1.54, 1.807) is 43.3 Å². The normalized spacial score (nSPS) is 11.8. The Bertz CT molecular complexity index is 1240. The van der Waals surface area contributed by atoms with Crippen molar-refractivity contribution >= 4 is 52.4 Å². The quantitative estimate of drug-likeness (QED) is 0.307. The van der Waals surface area contributed by atoms with Gasteiger partial charge in [0.25, 0.3) is 0 Å². The number of nitrogens with zero attached hydrogens (tertiary/aromatic N) is 1. The molecule has 0 aliphatic carbocycles. The maximum Gasteiger partial charge on any atom is 0.416 e. The molecule has 1 amide bonds. The Morgan fingerprint density at radius 3 is 2.52 bits per heavy atom. The molecule has 10 heteroatoms. The number of carboxylic acids is 1. The van der Waals surface area contributed by atoms with E-state index in [1.807, 2.05) is 0 Å². The molecule has 1 aromatic heterocycles. The average molecular weight is 491 g/mol. The van der Waals surface area contributed by atoms with Gasteiger partial charge in [0.2, 0.25) is 6.41 Å². The molecule has 2 N–H and O–H groups in total. The van der Waals surface area contributed by atoms with E-state index in [-0.39, 0.29) is 15.6 Å². The van der Waals surface area contributed by atoms with Crippen molar-refractivity contribution < 1.29 is 27.9 Å². The number of H-pyrrole nitrogens is 1. The van der Waals surface area contributed by atoms with E-state index < -0.39 is 17.7 Å². The summed E-state index contributed by atoms with van der Waals surface area (Å²) in [5, 5.41) is 9.15. The minimum Gasteiger partial charge on any atom is -0.478 e. The molecular formula is C23H17F3N2O3S2. The number of aromatic carboxylic acids is 1. The number of amides is 1. The fourth-order valence-electron chi connectivity index (χ4n) is 2.96. The number of hydrogen-bond donors (Lipinski definition) is 2. The van der Waals surface area contributed by atoms with E-state index in [0.717, 1.165) is 28.8 Å². The summed E-state index contributed by atoms with van der Waals surface area (Å²) in [6.45, 7) is 1.75. The van der Waals surface area contributed by atoms with Crippen molar-refractivity contribution in [2.45, 2.75) is 13.1 Å². The molecule has 0 saturated carbocycles. The number of hydrogen-bond acceptors (Lipinski definition) is 4. The number of aromatic nitrogens is 1. The van der Waals surface area contributed by atoms with Gasteiger partial charge in [0.05, 0.1) is 16.8 Å². The average Bonchev–Trinajstić information content (AvgIpc) is 3.22. The monoisotopic (exact) mass is 490 g/mol. The number of anilines is 1. The number of benzene rings is 2. The molecule has 0 atom stereocenters. The number of halogens is 3. The molecule has 170 valence electrons. The third kappa shape index (κ3) is 6.11. The molecule has 1 heterocycles. The Hall–Kier alpha value is -3.37. The van der Waals surface area contributed by atoms with Crippen LogP contribution in [0.3, 0.4) is 0 Å². The molecule has 2 aromatic carbocycles. The van der Waals surface area contributed by atoms with Crippen molar-refractivity contribution in [2.75, 3.05) is 4.90 Å². The van der Waals surface area contributed by atoms with E-state index in [4.69, 9.17) is 17.3 Å². The lowest BCUT2D eigenvalue weighted by Gasteiger charge is -2.19. The zero-order chi connectivity index (χ0) is 24.2. The first kappa shape index (κ1) is 24.3. The van der Waals surface area contributed by atoms with E-state index in [9.17, 15) is 22.8 Å². The van der Waals surface area contributed by atoms with Gasteiger partial charge in [0.1, 0.15) is 0 Å². The van der Waals surface area contributed by atoms with Crippen LogP contribution in [-0.4, -0.2) is 26.8 Å². The molecule has 33 heavy (non-hydrogen) atoms. The predicted molar refractivity (Wildman–Crippen MR) is 127 cm³/mol. The summed E-state index contributed by atoms with van der Waals surface area (Å²) >= 11 is 6.33. The first-order valence-corrected chi connectivity index (χ1v) is 10.7. The van der Waals surface area contributed by atoms with Crippen LogP contribution < -0.4 is 4.90 Å². The molecule has 0 bridgehead atoms. The summed E-state index contributed by atoms with van der Waals surface area (Å²) in [7, 11) is 0. The number of nitrogens with one attached hydrogen (secondary N) is 1. The van der Waals surface area contributed by atoms with E-state index in [2.05, 4.69) is 4.98 Å². The molecular weight excluding hydrogens is 473 g/mol. The van der Waals surface area contributed by atoms with Crippen LogP contribution in [0.2, 0.25) is 0 Å². The fraction of sp³-hybridized carbons (Fsp3) is 0.0870. The molecule has 0 fully saturated rings. The third-order valence-electron chi connectivity index (χ3n) is 4.49. The highest BCUT2D eigenvalue weighted by Crippen LogP contribution is 2.33.